The van der Waals surface area contributed by atoms with Crippen LogP contribution in [0.1, 0.15) is 28.4 Å². The molecule has 3 nitrogen and oxygen atoms in total. The Labute approximate surface area is 129 Å². The largest absolute Gasteiger partial charge is 0.462 e. The number of nitrogens with two attached hydrogens (primary N) is 1. The Morgan fingerprint density at radius 2 is 1.76 bits per heavy atom. The van der Waals surface area contributed by atoms with Gasteiger partial charge < -0.3 is 10.5 Å². The second-order valence-corrected chi connectivity index (χ2v) is 5.96. The van der Waals surface area contributed by atoms with Crippen LogP contribution in [0.5, 0.6) is 0 Å². The van der Waals surface area contributed by atoms with E-state index in [9.17, 15) is 4.79 Å². The van der Waals surface area contributed by atoms with Gasteiger partial charge in [-0.25, -0.2) is 4.79 Å². The second-order valence-electron chi connectivity index (χ2n) is 4.82. The van der Waals surface area contributed by atoms with Crippen molar-refractivity contribution in [3.8, 4) is 0 Å². The van der Waals surface area contributed by atoms with E-state index in [0.29, 0.717) is 17.9 Å². The number of carbonyl (C=O) groups excluding carboxylic acids is 1. The number of benzene rings is 2. The quantitative estimate of drug-likeness (QED) is 0.679. The first-order valence-corrected chi connectivity index (χ1v) is 7.64. The summed E-state index contributed by atoms with van der Waals surface area (Å²) in [6.45, 7) is 6.30. The van der Waals surface area contributed by atoms with Crippen LogP contribution < -0.4 is 5.73 Å². The predicted octanol–water partition coefficient (Wildman–Crippen LogP) is 4.21. The number of aryl methyl sites for hydroxylation is 2. The van der Waals surface area contributed by atoms with Gasteiger partial charge in [0.25, 0.3) is 0 Å². The number of esters is 1. The minimum atomic E-state index is -0.377. The Hall–Kier alpha value is -1.94. The number of nitrogen functional groups attached to an aromatic ring is 1. The van der Waals surface area contributed by atoms with Crippen molar-refractivity contribution in [3.05, 3.63) is 53.1 Å². The van der Waals surface area contributed by atoms with Crippen LogP contribution in [-0.4, -0.2) is 12.6 Å². The maximum Gasteiger partial charge on any atom is 0.340 e. The number of anilines is 1. The van der Waals surface area contributed by atoms with Crippen molar-refractivity contribution in [2.45, 2.75) is 30.6 Å². The second kappa shape index (κ2) is 6.68. The van der Waals surface area contributed by atoms with Crippen molar-refractivity contribution in [1.29, 1.82) is 0 Å². The van der Waals surface area contributed by atoms with E-state index in [1.54, 1.807) is 30.8 Å². The molecule has 0 aliphatic rings. The molecule has 0 spiro atoms. The van der Waals surface area contributed by atoms with E-state index in [4.69, 9.17) is 10.5 Å². The Balaban J connectivity index is 2.26. The molecular weight excluding hydrogens is 282 g/mol. The summed E-state index contributed by atoms with van der Waals surface area (Å²) >= 11 is 1.61. The van der Waals surface area contributed by atoms with Crippen molar-refractivity contribution in [2.24, 2.45) is 0 Å². The lowest BCUT2D eigenvalue weighted by Gasteiger charge is -2.09. The van der Waals surface area contributed by atoms with Gasteiger partial charge in [0.05, 0.1) is 12.2 Å². The van der Waals surface area contributed by atoms with E-state index in [0.717, 1.165) is 9.79 Å². The van der Waals surface area contributed by atoms with Gasteiger partial charge in [0, 0.05) is 15.5 Å². The zero-order valence-electron chi connectivity index (χ0n) is 12.5. The third kappa shape index (κ3) is 3.79. The van der Waals surface area contributed by atoms with E-state index in [1.165, 1.54) is 11.1 Å². The number of ether oxygens (including phenoxy) is 1. The van der Waals surface area contributed by atoms with E-state index in [2.05, 4.69) is 32.0 Å². The fraction of sp³-hybridized carbons (Fsp3) is 0.235. The molecule has 0 aliphatic carbocycles. The van der Waals surface area contributed by atoms with E-state index >= 15 is 0 Å². The molecule has 2 rings (SSSR count). The molecule has 0 fully saturated rings. The van der Waals surface area contributed by atoms with Crippen molar-refractivity contribution in [3.63, 3.8) is 0 Å². The van der Waals surface area contributed by atoms with Crippen LogP contribution in [0.25, 0.3) is 0 Å². The highest BCUT2D eigenvalue weighted by Crippen LogP contribution is 2.31. The SMILES string of the molecule is CCOC(=O)c1cc(Sc2ccc(C)c(C)c2)ccc1N. The summed E-state index contributed by atoms with van der Waals surface area (Å²) < 4.78 is 5.02. The number of rotatable bonds is 4. The van der Waals surface area contributed by atoms with Crippen molar-refractivity contribution < 1.29 is 9.53 Å². The van der Waals surface area contributed by atoms with Gasteiger partial charge in [-0.2, -0.15) is 0 Å². The summed E-state index contributed by atoms with van der Waals surface area (Å²) in [6, 6.07) is 11.8. The van der Waals surface area contributed by atoms with Crippen LogP contribution in [0, 0.1) is 13.8 Å². The molecule has 0 amide bonds. The third-order valence-corrected chi connectivity index (χ3v) is 4.21. The van der Waals surface area contributed by atoms with Crippen LogP contribution in [-0.2, 0) is 4.74 Å². The molecule has 0 saturated carbocycles. The Kier molecular flexibility index (Phi) is 4.91. The van der Waals surface area contributed by atoms with E-state index < -0.39 is 0 Å². The minimum Gasteiger partial charge on any atom is -0.462 e. The lowest BCUT2D eigenvalue weighted by molar-refractivity contribution is 0.0527. The summed E-state index contributed by atoms with van der Waals surface area (Å²) in [7, 11) is 0. The molecule has 2 N–H and O–H groups in total. The highest BCUT2D eigenvalue weighted by Gasteiger charge is 2.12. The molecule has 0 unspecified atom stereocenters. The van der Waals surface area contributed by atoms with Gasteiger partial charge >= 0.3 is 5.97 Å². The Morgan fingerprint density at radius 1 is 1.10 bits per heavy atom. The van der Waals surface area contributed by atoms with Gasteiger partial charge in [0.1, 0.15) is 0 Å². The molecule has 4 heteroatoms. The fourth-order valence-electron chi connectivity index (χ4n) is 1.90. The molecule has 0 radical (unpaired) electrons. The maximum absolute atomic E-state index is 11.9. The van der Waals surface area contributed by atoms with Gasteiger partial charge in [-0.15, -0.1) is 0 Å². The monoisotopic (exact) mass is 301 g/mol. The van der Waals surface area contributed by atoms with Gasteiger partial charge in [0.15, 0.2) is 0 Å². The maximum atomic E-state index is 11.9. The smallest absolute Gasteiger partial charge is 0.340 e. The predicted molar refractivity (Wildman–Crippen MR) is 86.8 cm³/mol. The number of hydrogen-bond donors (Lipinski definition) is 1. The molecular formula is C17H19NO2S. The molecule has 0 saturated heterocycles. The lowest BCUT2D eigenvalue weighted by atomic mass is 10.1. The summed E-state index contributed by atoms with van der Waals surface area (Å²) in [6.07, 6.45) is 0. The van der Waals surface area contributed by atoms with Crippen molar-refractivity contribution >= 4 is 23.4 Å². The first-order chi connectivity index (χ1) is 10.0. The summed E-state index contributed by atoms with van der Waals surface area (Å²) in [5, 5.41) is 0. The molecule has 0 aliphatic heterocycles. The number of hydrogen-bond acceptors (Lipinski definition) is 4. The molecule has 2 aromatic rings. The lowest BCUT2D eigenvalue weighted by Crippen LogP contribution is -2.07. The van der Waals surface area contributed by atoms with Gasteiger partial charge in [-0.1, -0.05) is 17.8 Å². The Bertz CT molecular complexity index is 668. The first kappa shape index (κ1) is 15.4. The number of carbonyl (C=O) groups is 1. The topological polar surface area (TPSA) is 52.3 Å². The Morgan fingerprint density at radius 3 is 2.43 bits per heavy atom. The summed E-state index contributed by atoms with van der Waals surface area (Å²) in [5.41, 5.74) is 9.23. The fourth-order valence-corrected chi connectivity index (χ4v) is 2.85. The highest BCUT2D eigenvalue weighted by molar-refractivity contribution is 7.99. The molecule has 21 heavy (non-hydrogen) atoms. The first-order valence-electron chi connectivity index (χ1n) is 6.83. The molecule has 110 valence electrons. The van der Waals surface area contributed by atoms with E-state index in [1.807, 2.05) is 6.07 Å². The summed E-state index contributed by atoms with van der Waals surface area (Å²) in [4.78, 5) is 14.0. The average molecular weight is 301 g/mol. The van der Waals surface area contributed by atoms with Crippen molar-refractivity contribution in [2.75, 3.05) is 12.3 Å². The van der Waals surface area contributed by atoms with Crippen molar-refractivity contribution in [1.82, 2.24) is 0 Å². The molecule has 2 aromatic carbocycles. The zero-order valence-corrected chi connectivity index (χ0v) is 13.3. The van der Waals surface area contributed by atoms with Crippen LogP contribution in [0.2, 0.25) is 0 Å². The van der Waals surface area contributed by atoms with Crippen LogP contribution in [0.15, 0.2) is 46.2 Å². The minimum absolute atomic E-state index is 0.340. The van der Waals surface area contributed by atoms with Gasteiger partial charge in [0.2, 0.25) is 0 Å². The third-order valence-electron chi connectivity index (χ3n) is 3.23. The van der Waals surface area contributed by atoms with Crippen LogP contribution >= 0.6 is 11.8 Å². The zero-order chi connectivity index (χ0) is 15.4. The highest BCUT2D eigenvalue weighted by atomic mass is 32.2. The average Bonchev–Trinajstić information content (AvgIpc) is 2.45. The van der Waals surface area contributed by atoms with E-state index in [-0.39, 0.29) is 5.97 Å². The molecule has 0 aromatic heterocycles. The van der Waals surface area contributed by atoms with Gasteiger partial charge in [-0.3, -0.25) is 0 Å². The normalized spacial score (nSPS) is 10.4. The standard InChI is InChI=1S/C17H19NO2S/c1-4-20-17(19)15-10-14(7-8-16(15)18)21-13-6-5-11(2)12(3)9-13/h5-10H,4,18H2,1-3H3. The molecule has 0 bridgehead atoms. The van der Waals surface area contributed by atoms with Crippen LogP contribution in [0.3, 0.4) is 0 Å². The van der Waals surface area contributed by atoms with Gasteiger partial charge in [-0.05, 0) is 62.2 Å². The summed E-state index contributed by atoms with van der Waals surface area (Å²) in [5.74, 6) is -0.377. The molecule has 0 heterocycles. The van der Waals surface area contributed by atoms with Crippen LogP contribution in [0.4, 0.5) is 5.69 Å². The molecule has 0 atom stereocenters.